The van der Waals surface area contributed by atoms with Crippen molar-refractivity contribution in [2.45, 2.75) is 52.0 Å². The van der Waals surface area contributed by atoms with Crippen LogP contribution in [0.25, 0.3) is 0 Å². The molecule has 1 N–H and O–H groups in total. The van der Waals surface area contributed by atoms with E-state index in [0.717, 1.165) is 17.5 Å². The van der Waals surface area contributed by atoms with Gasteiger partial charge in [-0.05, 0) is 65.2 Å². The topological polar surface area (TPSA) is 12.0 Å². The maximum Gasteiger partial charge on any atom is 0.139 e. The lowest BCUT2D eigenvalue weighted by Crippen LogP contribution is -2.28. The van der Waals surface area contributed by atoms with Gasteiger partial charge in [-0.3, -0.25) is 0 Å². The summed E-state index contributed by atoms with van der Waals surface area (Å²) in [5.41, 5.74) is 0.899. The van der Waals surface area contributed by atoms with Crippen LogP contribution < -0.4 is 5.32 Å². The van der Waals surface area contributed by atoms with Gasteiger partial charge in [0.1, 0.15) is 5.82 Å². The van der Waals surface area contributed by atoms with Crippen molar-refractivity contribution >= 4 is 21.6 Å². The van der Waals surface area contributed by atoms with Crippen molar-refractivity contribution < 1.29 is 4.39 Å². The van der Waals surface area contributed by atoms with Crippen molar-refractivity contribution in [3.05, 3.63) is 28.5 Å². The maximum atomic E-state index is 13.5. The third-order valence-electron chi connectivity index (χ3n) is 3.88. The minimum absolute atomic E-state index is 0.195. The van der Waals surface area contributed by atoms with Gasteiger partial charge < -0.3 is 5.32 Å². The van der Waals surface area contributed by atoms with Crippen LogP contribution in [0.4, 0.5) is 10.1 Å². The highest BCUT2D eigenvalue weighted by molar-refractivity contribution is 9.10. The normalized spacial score (nSPS) is 23.6. The molecule has 0 radical (unpaired) electrons. The molecule has 2 unspecified atom stereocenters. The Hall–Kier alpha value is -0.570. The van der Waals surface area contributed by atoms with Crippen molar-refractivity contribution in [2.75, 3.05) is 5.32 Å². The summed E-state index contributed by atoms with van der Waals surface area (Å²) in [6, 6.07) is 5.79. The average Bonchev–Trinajstić information content (AvgIpc) is 2.33. The first-order chi connectivity index (χ1) is 9.04. The zero-order valence-corrected chi connectivity index (χ0v) is 13.3. The number of rotatable bonds is 4. The molecule has 1 aliphatic rings. The van der Waals surface area contributed by atoms with E-state index >= 15 is 0 Å². The molecule has 1 aromatic carbocycles. The molecule has 2 rings (SSSR count). The van der Waals surface area contributed by atoms with Crippen LogP contribution in [0.1, 0.15) is 46.0 Å². The Morgan fingerprint density at radius 1 is 1.37 bits per heavy atom. The fraction of sp³-hybridized carbons (Fsp3) is 0.625. The molecular formula is C16H23BrFN. The van der Waals surface area contributed by atoms with Crippen LogP contribution in [-0.2, 0) is 0 Å². The minimum atomic E-state index is -0.195. The summed E-state index contributed by atoms with van der Waals surface area (Å²) in [5, 5.41) is 3.49. The molecule has 106 valence electrons. The first kappa shape index (κ1) is 14.8. The zero-order valence-electron chi connectivity index (χ0n) is 11.8. The van der Waals surface area contributed by atoms with E-state index in [0.29, 0.717) is 10.5 Å². The summed E-state index contributed by atoms with van der Waals surface area (Å²) in [6.45, 7) is 4.59. The van der Waals surface area contributed by atoms with Crippen molar-refractivity contribution in [1.82, 2.24) is 0 Å². The van der Waals surface area contributed by atoms with Gasteiger partial charge in [0.25, 0.3) is 0 Å². The molecule has 3 heteroatoms. The number of hydrogen-bond acceptors (Lipinski definition) is 1. The van der Waals surface area contributed by atoms with E-state index in [2.05, 4.69) is 35.1 Å². The van der Waals surface area contributed by atoms with Crippen LogP contribution in [0.3, 0.4) is 0 Å². The number of benzene rings is 1. The Bertz CT molecular complexity index is 419. The summed E-state index contributed by atoms with van der Waals surface area (Å²) in [5.74, 6) is 1.40. The van der Waals surface area contributed by atoms with Crippen LogP contribution >= 0.6 is 15.9 Å². The molecule has 19 heavy (non-hydrogen) atoms. The zero-order chi connectivity index (χ0) is 13.8. The van der Waals surface area contributed by atoms with Crippen LogP contribution in [0.2, 0.25) is 0 Å². The maximum absolute atomic E-state index is 13.5. The van der Waals surface area contributed by atoms with Crippen molar-refractivity contribution in [3.8, 4) is 0 Å². The predicted molar refractivity (Wildman–Crippen MR) is 82.9 cm³/mol. The van der Waals surface area contributed by atoms with E-state index in [4.69, 9.17) is 0 Å². The standard InChI is InChI=1S/C16H23BrFN/c1-11(2)8-12-4-3-5-13(9-12)19-14-6-7-15(17)16(18)10-14/h6-7,10-13,19H,3-5,8-9H2,1-2H3. The SMILES string of the molecule is CC(C)CC1CCCC(Nc2ccc(Br)c(F)c2)C1. The number of anilines is 1. The number of halogens is 2. The Morgan fingerprint density at radius 2 is 2.16 bits per heavy atom. The largest absolute Gasteiger partial charge is 0.382 e. The molecule has 2 atom stereocenters. The van der Waals surface area contributed by atoms with E-state index in [9.17, 15) is 4.39 Å². The van der Waals surface area contributed by atoms with Crippen molar-refractivity contribution in [2.24, 2.45) is 11.8 Å². The summed E-state index contributed by atoms with van der Waals surface area (Å²) < 4.78 is 14.0. The molecule has 1 saturated carbocycles. The van der Waals surface area contributed by atoms with Crippen LogP contribution in [0.15, 0.2) is 22.7 Å². The Morgan fingerprint density at radius 3 is 2.84 bits per heavy atom. The Kier molecular flexibility index (Phi) is 5.26. The lowest BCUT2D eigenvalue weighted by Gasteiger charge is -2.31. The second-order valence-electron chi connectivity index (χ2n) is 6.13. The van der Waals surface area contributed by atoms with Crippen molar-refractivity contribution in [1.29, 1.82) is 0 Å². The minimum Gasteiger partial charge on any atom is -0.382 e. The molecule has 0 bridgehead atoms. The van der Waals surface area contributed by atoms with Gasteiger partial charge in [-0.1, -0.05) is 26.7 Å². The molecule has 0 aliphatic heterocycles. The fourth-order valence-electron chi connectivity index (χ4n) is 3.12. The quantitative estimate of drug-likeness (QED) is 0.758. The van der Waals surface area contributed by atoms with Crippen LogP contribution in [-0.4, -0.2) is 6.04 Å². The molecular weight excluding hydrogens is 305 g/mol. The van der Waals surface area contributed by atoms with Gasteiger partial charge in [0.15, 0.2) is 0 Å². The summed E-state index contributed by atoms with van der Waals surface area (Å²) in [7, 11) is 0. The molecule has 0 aromatic heterocycles. The van der Waals surface area contributed by atoms with Crippen LogP contribution in [0.5, 0.6) is 0 Å². The third-order valence-corrected chi connectivity index (χ3v) is 4.52. The molecule has 0 spiro atoms. The van der Waals surface area contributed by atoms with Gasteiger partial charge in [0.05, 0.1) is 4.47 Å². The molecule has 1 nitrogen and oxygen atoms in total. The summed E-state index contributed by atoms with van der Waals surface area (Å²) >= 11 is 3.19. The van der Waals surface area contributed by atoms with E-state index < -0.39 is 0 Å². The molecule has 0 heterocycles. The number of nitrogens with one attached hydrogen (secondary N) is 1. The smallest absolute Gasteiger partial charge is 0.139 e. The Labute approximate surface area is 124 Å². The van der Waals surface area contributed by atoms with Gasteiger partial charge in [0.2, 0.25) is 0 Å². The first-order valence-corrected chi connectivity index (χ1v) is 8.05. The van der Waals surface area contributed by atoms with Gasteiger partial charge in [-0.2, -0.15) is 0 Å². The number of hydrogen-bond donors (Lipinski definition) is 1. The summed E-state index contributed by atoms with van der Waals surface area (Å²) in [4.78, 5) is 0. The molecule has 0 saturated heterocycles. The first-order valence-electron chi connectivity index (χ1n) is 7.26. The van der Waals surface area contributed by atoms with Gasteiger partial charge >= 0.3 is 0 Å². The summed E-state index contributed by atoms with van der Waals surface area (Å²) in [6.07, 6.45) is 6.37. The second kappa shape index (κ2) is 6.74. The van der Waals surface area contributed by atoms with E-state index in [1.165, 1.54) is 32.1 Å². The lowest BCUT2D eigenvalue weighted by molar-refractivity contribution is 0.289. The molecule has 1 aromatic rings. The van der Waals surface area contributed by atoms with Gasteiger partial charge in [-0.25, -0.2) is 4.39 Å². The average molecular weight is 328 g/mol. The van der Waals surface area contributed by atoms with Crippen molar-refractivity contribution in [3.63, 3.8) is 0 Å². The molecule has 1 aliphatic carbocycles. The second-order valence-corrected chi connectivity index (χ2v) is 6.99. The monoisotopic (exact) mass is 327 g/mol. The molecule has 1 fully saturated rings. The van der Waals surface area contributed by atoms with Gasteiger partial charge in [-0.15, -0.1) is 0 Å². The predicted octanol–water partition coefficient (Wildman–Crippen LogP) is 5.61. The highest BCUT2D eigenvalue weighted by Gasteiger charge is 2.22. The third kappa shape index (κ3) is 4.48. The highest BCUT2D eigenvalue weighted by atomic mass is 79.9. The van der Waals surface area contributed by atoms with Crippen LogP contribution in [0, 0.1) is 17.7 Å². The lowest BCUT2D eigenvalue weighted by atomic mass is 9.81. The highest BCUT2D eigenvalue weighted by Crippen LogP contribution is 2.31. The fourth-order valence-corrected chi connectivity index (χ4v) is 3.37. The molecule has 0 amide bonds. The van der Waals surface area contributed by atoms with E-state index in [1.54, 1.807) is 12.1 Å². The van der Waals surface area contributed by atoms with Gasteiger partial charge in [0, 0.05) is 11.7 Å². The van der Waals surface area contributed by atoms with E-state index in [1.807, 2.05) is 6.07 Å². The Balaban J connectivity index is 1.92. The van der Waals surface area contributed by atoms with E-state index in [-0.39, 0.29) is 5.82 Å².